The summed E-state index contributed by atoms with van der Waals surface area (Å²) in [6.45, 7) is 7.09. The smallest absolute Gasteiger partial charge is 0.243 e. The Labute approximate surface area is 388 Å². The maximum absolute atomic E-state index is 12.0. The Balaban J connectivity index is 1.50. The van der Waals surface area contributed by atoms with Gasteiger partial charge in [-0.1, -0.05) is 140 Å². The van der Waals surface area contributed by atoms with Gasteiger partial charge in [-0.05, 0) is 59.9 Å². The molecular weight excluding hydrogens is 831 g/mol. The molecule has 5 N–H and O–H groups in total. The zero-order valence-electron chi connectivity index (χ0n) is 39.6. The fourth-order valence-electron chi connectivity index (χ4n) is 7.24. The van der Waals surface area contributed by atoms with Crippen molar-refractivity contribution < 1.29 is 58.8 Å². The van der Waals surface area contributed by atoms with Gasteiger partial charge in [0.2, 0.25) is 5.91 Å². The quantitative estimate of drug-likeness (QED) is 0.0272. The molecule has 13 heteroatoms. The maximum Gasteiger partial charge on any atom is 0.243 e. The zero-order valence-corrected chi connectivity index (χ0v) is 39.6. The van der Waals surface area contributed by atoms with Crippen LogP contribution >= 0.6 is 0 Å². The molecule has 0 fully saturated rings. The molecule has 3 rings (SSSR count). The highest BCUT2D eigenvalue weighted by atomic mass is 16.7. The van der Waals surface area contributed by atoms with E-state index in [1.807, 2.05) is 24.3 Å². The third-order valence-electron chi connectivity index (χ3n) is 11.2. The predicted molar refractivity (Wildman–Crippen MR) is 255 cm³/mol. The molecule has 366 valence electrons. The van der Waals surface area contributed by atoms with E-state index in [0.717, 1.165) is 64.0 Å². The van der Waals surface area contributed by atoms with Gasteiger partial charge in [0, 0.05) is 12.5 Å². The van der Waals surface area contributed by atoms with E-state index in [1.165, 1.54) is 96.8 Å². The standard InChI is InChI=1S/C52H81NO12/c1-4-6-8-10-12-14-16-18-30-62-45-25-20-42(21-26-45)44-24-29-47(43-22-27-46(28-23-43)63-31-19-17-15-13-11-9-7-5-2)50(38-44)64-36-34-60-32-33-61-35-37-65-53(41(3)55)39-48(56)51(58)52(59)49(57)40-54/h20-29,38,48-49,51-52,54,56-59H,4-19,30-37,39-40H2,1-3H3/t48-,49+,51+,52+/m0/s1. The number of aliphatic hydroxyl groups excluding tert-OH is 5. The predicted octanol–water partition coefficient (Wildman–Crippen LogP) is 8.69. The third kappa shape index (κ3) is 23.0. The molecule has 0 aliphatic heterocycles. The van der Waals surface area contributed by atoms with Gasteiger partial charge in [-0.15, -0.1) is 0 Å². The Bertz CT molecular complexity index is 1640. The van der Waals surface area contributed by atoms with Gasteiger partial charge >= 0.3 is 0 Å². The van der Waals surface area contributed by atoms with Gasteiger partial charge in [0.15, 0.2) is 0 Å². The highest BCUT2D eigenvalue weighted by molar-refractivity contribution is 5.77. The number of nitrogens with zero attached hydrogens (tertiary/aromatic N) is 1. The van der Waals surface area contributed by atoms with E-state index in [2.05, 4.69) is 56.3 Å². The average Bonchev–Trinajstić information content (AvgIpc) is 3.32. The molecule has 0 heterocycles. The number of rotatable bonds is 39. The normalized spacial score (nSPS) is 13.3. The number of hydrogen-bond acceptors (Lipinski definition) is 12. The molecule has 0 spiro atoms. The Kier molecular flexibility index (Phi) is 29.5. The zero-order chi connectivity index (χ0) is 46.9. The average molecular weight is 912 g/mol. The van der Waals surface area contributed by atoms with Gasteiger partial charge in [-0.2, -0.15) is 0 Å². The Morgan fingerprint density at radius 1 is 0.508 bits per heavy atom. The summed E-state index contributed by atoms with van der Waals surface area (Å²) in [4.78, 5) is 17.4. The second-order valence-electron chi connectivity index (χ2n) is 16.7. The Morgan fingerprint density at radius 2 is 0.954 bits per heavy atom. The van der Waals surface area contributed by atoms with Crippen LogP contribution in [0.3, 0.4) is 0 Å². The molecule has 0 aliphatic carbocycles. The molecule has 4 atom stereocenters. The molecule has 1 amide bonds. The second-order valence-corrected chi connectivity index (χ2v) is 16.7. The first kappa shape index (κ1) is 55.5. The molecule has 0 aliphatic rings. The van der Waals surface area contributed by atoms with Gasteiger partial charge in [0.1, 0.15) is 48.3 Å². The van der Waals surface area contributed by atoms with Crippen LogP contribution in [0.1, 0.15) is 124 Å². The fourth-order valence-corrected chi connectivity index (χ4v) is 7.24. The SMILES string of the molecule is CCCCCCCCCCOc1ccc(-c2ccc(-c3ccc(OCCCCCCCCCC)cc3)c(OCCOCCOCCON(C[C@H](O)[C@@H](O)[C@H](O)[C@H](O)CO)C(C)=O)c2)cc1. The number of hydrogen-bond donors (Lipinski definition) is 5. The first-order valence-electron chi connectivity index (χ1n) is 24.3. The van der Waals surface area contributed by atoms with Gasteiger partial charge < -0.3 is 49.2 Å². The minimum absolute atomic E-state index is 0.0339. The number of aliphatic hydroxyl groups is 5. The van der Waals surface area contributed by atoms with Crippen molar-refractivity contribution in [1.29, 1.82) is 0 Å². The van der Waals surface area contributed by atoms with E-state index < -0.39 is 43.5 Å². The molecular formula is C52H81NO12. The summed E-state index contributed by atoms with van der Waals surface area (Å²) >= 11 is 0. The summed E-state index contributed by atoms with van der Waals surface area (Å²) < 4.78 is 29.9. The van der Waals surface area contributed by atoms with Crippen molar-refractivity contribution >= 4 is 5.91 Å². The minimum Gasteiger partial charge on any atom is -0.494 e. The molecule has 3 aromatic rings. The van der Waals surface area contributed by atoms with Crippen LogP contribution in [-0.4, -0.2) is 127 Å². The van der Waals surface area contributed by atoms with E-state index in [4.69, 9.17) is 33.6 Å². The summed E-state index contributed by atoms with van der Waals surface area (Å²) in [5.41, 5.74) is 4.05. The topological polar surface area (TPSA) is 177 Å². The summed E-state index contributed by atoms with van der Waals surface area (Å²) in [6, 6.07) is 22.6. The van der Waals surface area contributed by atoms with Crippen LogP contribution in [0.5, 0.6) is 17.2 Å². The monoisotopic (exact) mass is 912 g/mol. The van der Waals surface area contributed by atoms with Crippen LogP contribution in [0.15, 0.2) is 66.7 Å². The van der Waals surface area contributed by atoms with Crippen LogP contribution < -0.4 is 14.2 Å². The largest absolute Gasteiger partial charge is 0.494 e. The Morgan fingerprint density at radius 3 is 1.46 bits per heavy atom. The van der Waals surface area contributed by atoms with Crippen molar-refractivity contribution in [3.63, 3.8) is 0 Å². The lowest BCUT2D eigenvalue weighted by Gasteiger charge is -2.29. The van der Waals surface area contributed by atoms with Crippen LogP contribution in [0.2, 0.25) is 0 Å². The summed E-state index contributed by atoms with van der Waals surface area (Å²) in [7, 11) is 0. The molecule has 0 saturated carbocycles. The van der Waals surface area contributed by atoms with Crippen molar-refractivity contribution in [3.8, 4) is 39.5 Å². The van der Waals surface area contributed by atoms with Crippen molar-refractivity contribution in [2.45, 2.75) is 148 Å². The number of carbonyl (C=O) groups excluding carboxylic acids is 1. The highest BCUT2D eigenvalue weighted by Crippen LogP contribution is 2.36. The molecule has 0 saturated heterocycles. The number of hydroxylamine groups is 2. The molecule has 13 nitrogen and oxygen atoms in total. The fraction of sp³-hybridized carbons (Fsp3) is 0.635. The second kappa shape index (κ2) is 34.5. The van der Waals surface area contributed by atoms with Gasteiger partial charge in [-0.3, -0.25) is 9.63 Å². The summed E-state index contributed by atoms with van der Waals surface area (Å²) in [5.74, 6) is 1.90. The van der Waals surface area contributed by atoms with Gasteiger partial charge in [0.25, 0.3) is 0 Å². The molecule has 0 unspecified atom stereocenters. The minimum atomic E-state index is -1.82. The van der Waals surface area contributed by atoms with Crippen molar-refractivity contribution in [2.75, 3.05) is 66.0 Å². The number of ether oxygens (including phenoxy) is 5. The first-order chi connectivity index (χ1) is 31.7. The lowest BCUT2D eigenvalue weighted by atomic mass is 9.99. The van der Waals surface area contributed by atoms with E-state index in [1.54, 1.807) is 0 Å². The number of carbonyl (C=O) groups is 1. The lowest BCUT2D eigenvalue weighted by molar-refractivity contribution is -0.204. The molecule has 0 aromatic heterocycles. The van der Waals surface area contributed by atoms with Gasteiger partial charge in [-0.25, -0.2) is 5.06 Å². The summed E-state index contributed by atoms with van der Waals surface area (Å²) in [5, 5.41) is 49.5. The van der Waals surface area contributed by atoms with Gasteiger partial charge in [0.05, 0.1) is 59.4 Å². The van der Waals surface area contributed by atoms with E-state index >= 15 is 0 Å². The van der Waals surface area contributed by atoms with Crippen molar-refractivity contribution in [3.05, 3.63) is 66.7 Å². The first-order valence-corrected chi connectivity index (χ1v) is 24.3. The Hall–Kier alpha value is -3.79. The molecule has 65 heavy (non-hydrogen) atoms. The van der Waals surface area contributed by atoms with Crippen LogP contribution in [0.4, 0.5) is 0 Å². The van der Waals surface area contributed by atoms with E-state index in [9.17, 15) is 25.2 Å². The number of amides is 1. The summed E-state index contributed by atoms with van der Waals surface area (Å²) in [6.07, 6.45) is 13.3. The maximum atomic E-state index is 12.0. The van der Waals surface area contributed by atoms with Crippen LogP contribution in [-0.2, 0) is 19.1 Å². The number of benzene rings is 3. The van der Waals surface area contributed by atoms with E-state index in [0.29, 0.717) is 19.8 Å². The lowest BCUT2D eigenvalue weighted by Crippen LogP contribution is -2.50. The van der Waals surface area contributed by atoms with Crippen molar-refractivity contribution in [1.82, 2.24) is 5.06 Å². The molecule has 0 radical (unpaired) electrons. The number of unbranched alkanes of at least 4 members (excludes halogenated alkanes) is 14. The molecule has 3 aromatic carbocycles. The van der Waals surface area contributed by atoms with E-state index in [-0.39, 0.29) is 26.4 Å². The highest BCUT2D eigenvalue weighted by Gasteiger charge is 2.32. The van der Waals surface area contributed by atoms with Crippen LogP contribution in [0.25, 0.3) is 22.3 Å². The van der Waals surface area contributed by atoms with Crippen molar-refractivity contribution in [2.24, 2.45) is 0 Å². The third-order valence-corrected chi connectivity index (χ3v) is 11.2. The van der Waals surface area contributed by atoms with Crippen LogP contribution in [0, 0.1) is 0 Å². The molecule has 0 bridgehead atoms.